The molecule has 2 rings (SSSR count). The molecule has 0 N–H and O–H groups in total. The molecule has 0 fully saturated rings. The maximum atomic E-state index is 11.9. The molecule has 0 heterocycles. The van der Waals surface area contributed by atoms with Crippen LogP contribution in [0.1, 0.15) is 42.6 Å². The lowest BCUT2D eigenvalue weighted by atomic mass is 9.82. The van der Waals surface area contributed by atoms with E-state index in [1.54, 1.807) is 0 Å². The minimum absolute atomic E-state index is 0.128. The summed E-state index contributed by atoms with van der Waals surface area (Å²) in [6.07, 6.45) is 5.86. The van der Waals surface area contributed by atoms with Crippen molar-refractivity contribution in [2.45, 2.75) is 26.7 Å². The average molecular weight is 200 g/mol. The Morgan fingerprint density at radius 1 is 1.20 bits per heavy atom. The molecule has 0 saturated carbocycles. The average Bonchev–Trinajstić information content (AvgIpc) is 2.22. The van der Waals surface area contributed by atoms with E-state index in [0.29, 0.717) is 6.42 Å². The lowest BCUT2D eigenvalue weighted by molar-refractivity contribution is 0.0968. The third-order valence-corrected chi connectivity index (χ3v) is 2.97. The Balaban J connectivity index is 2.49. The van der Waals surface area contributed by atoms with Gasteiger partial charge in [0.05, 0.1) is 0 Å². The molecule has 1 aliphatic rings. The third kappa shape index (κ3) is 2.17. The van der Waals surface area contributed by atoms with E-state index in [9.17, 15) is 4.79 Å². The first kappa shape index (κ1) is 10.2. The van der Waals surface area contributed by atoms with E-state index in [4.69, 9.17) is 0 Å². The van der Waals surface area contributed by atoms with Crippen molar-refractivity contribution in [1.29, 1.82) is 0 Å². The van der Waals surface area contributed by atoms with Crippen LogP contribution in [0.3, 0.4) is 0 Å². The van der Waals surface area contributed by atoms with Crippen LogP contribution in [0.2, 0.25) is 0 Å². The second-order valence-corrected chi connectivity index (χ2v) is 4.83. The van der Waals surface area contributed by atoms with Crippen LogP contribution in [0.25, 0.3) is 6.08 Å². The monoisotopic (exact) mass is 200 g/mol. The summed E-state index contributed by atoms with van der Waals surface area (Å²) in [5.74, 6) is 0.267. The fraction of sp³-hybridized carbons (Fsp3) is 0.357. The van der Waals surface area contributed by atoms with Crippen molar-refractivity contribution in [3.8, 4) is 0 Å². The normalized spacial score (nSPS) is 21.3. The summed E-state index contributed by atoms with van der Waals surface area (Å²) in [5.41, 5.74) is 2.04. The summed E-state index contributed by atoms with van der Waals surface area (Å²) in [6, 6.07) is 7.83. The highest BCUT2D eigenvalue weighted by Crippen LogP contribution is 2.29. The topological polar surface area (TPSA) is 17.1 Å². The number of fused-ring (bicyclic) bond motifs is 1. The number of ketones is 1. The highest BCUT2D eigenvalue weighted by Gasteiger charge is 2.20. The first-order valence-corrected chi connectivity index (χ1v) is 5.40. The quantitative estimate of drug-likeness (QED) is 0.624. The number of allylic oxidation sites excluding steroid dienone is 1. The van der Waals surface area contributed by atoms with Crippen molar-refractivity contribution in [1.82, 2.24) is 0 Å². The van der Waals surface area contributed by atoms with E-state index in [0.717, 1.165) is 17.5 Å². The molecule has 0 spiro atoms. The fourth-order valence-electron chi connectivity index (χ4n) is 1.87. The Morgan fingerprint density at radius 2 is 1.93 bits per heavy atom. The zero-order valence-electron chi connectivity index (χ0n) is 9.29. The van der Waals surface area contributed by atoms with Crippen LogP contribution in [0.15, 0.2) is 30.3 Å². The molecular weight excluding hydrogens is 184 g/mol. The molecule has 0 amide bonds. The summed E-state index contributed by atoms with van der Waals surface area (Å²) in [7, 11) is 0. The first-order chi connectivity index (χ1) is 7.08. The van der Waals surface area contributed by atoms with Crippen LogP contribution >= 0.6 is 0 Å². The van der Waals surface area contributed by atoms with E-state index in [1.807, 2.05) is 24.3 Å². The van der Waals surface area contributed by atoms with Crippen LogP contribution < -0.4 is 0 Å². The second kappa shape index (κ2) is 3.65. The van der Waals surface area contributed by atoms with Gasteiger partial charge in [0, 0.05) is 12.0 Å². The second-order valence-electron chi connectivity index (χ2n) is 4.83. The van der Waals surface area contributed by atoms with Crippen LogP contribution in [0.5, 0.6) is 0 Å². The van der Waals surface area contributed by atoms with Crippen molar-refractivity contribution in [3.05, 3.63) is 41.5 Å². The highest BCUT2D eigenvalue weighted by atomic mass is 16.1. The Morgan fingerprint density at radius 3 is 2.73 bits per heavy atom. The molecule has 0 bridgehead atoms. The summed E-state index contributed by atoms with van der Waals surface area (Å²) in [5, 5.41) is 0. The largest absolute Gasteiger partial charge is 0.294 e. The lowest BCUT2D eigenvalue weighted by Gasteiger charge is -2.22. The SMILES string of the molecule is CC1(C)/C=C/c2ccccc2C(=O)CC1. The van der Waals surface area contributed by atoms with Gasteiger partial charge >= 0.3 is 0 Å². The highest BCUT2D eigenvalue weighted by molar-refractivity contribution is 5.99. The molecule has 1 nitrogen and oxygen atoms in total. The molecule has 1 aromatic carbocycles. The van der Waals surface area contributed by atoms with E-state index in [2.05, 4.69) is 26.0 Å². The lowest BCUT2D eigenvalue weighted by Crippen LogP contribution is -2.13. The van der Waals surface area contributed by atoms with Gasteiger partial charge in [0.1, 0.15) is 0 Å². The number of carbonyl (C=O) groups excluding carboxylic acids is 1. The van der Waals surface area contributed by atoms with Crippen LogP contribution in [-0.4, -0.2) is 5.78 Å². The molecule has 1 heteroatoms. The molecule has 0 aliphatic heterocycles. The fourth-order valence-corrected chi connectivity index (χ4v) is 1.87. The number of Topliss-reactive ketones (excluding diaryl/α,β-unsaturated/α-hetero) is 1. The van der Waals surface area contributed by atoms with E-state index >= 15 is 0 Å². The predicted octanol–water partition coefficient (Wildman–Crippen LogP) is 3.70. The van der Waals surface area contributed by atoms with Gasteiger partial charge < -0.3 is 0 Å². The zero-order chi connectivity index (χ0) is 10.9. The molecule has 78 valence electrons. The van der Waals surface area contributed by atoms with Crippen LogP contribution in [-0.2, 0) is 0 Å². The van der Waals surface area contributed by atoms with Crippen molar-refractivity contribution >= 4 is 11.9 Å². The Hall–Kier alpha value is -1.37. The molecule has 1 aromatic rings. The summed E-state index contributed by atoms with van der Waals surface area (Å²) in [6.45, 7) is 4.34. The number of rotatable bonds is 0. The first-order valence-electron chi connectivity index (χ1n) is 5.40. The van der Waals surface area contributed by atoms with Gasteiger partial charge in [-0.2, -0.15) is 0 Å². The number of carbonyl (C=O) groups is 1. The Bertz CT molecular complexity index is 413. The zero-order valence-corrected chi connectivity index (χ0v) is 9.29. The maximum absolute atomic E-state index is 11.9. The number of hydrogen-bond acceptors (Lipinski definition) is 1. The molecule has 1 aliphatic carbocycles. The van der Waals surface area contributed by atoms with Crippen molar-refractivity contribution in [2.24, 2.45) is 5.41 Å². The number of benzene rings is 1. The predicted molar refractivity (Wildman–Crippen MR) is 62.8 cm³/mol. The summed E-state index contributed by atoms with van der Waals surface area (Å²) in [4.78, 5) is 11.9. The van der Waals surface area contributed by atoms with E-state index in [1.165, 1.54) is 0 Å². The van der Waals surface area contributed by atoms with Gasteiger partial charge in [-0.3, -0.25) is 4.79 Å². The van der Waals surface area contributed by atoms with Gasteiger partial charge in [-0.25, -0.2) is 0 Å². The van der Waals surface area contributed by atoms with Gasteiger partial charge in [-0.05, 0) is 17.4 Å². The third-order valence-electron chi connectivity index (χ3n) is 2.97. The molecule has 0 unspecified atom stereocenters. The van der Waals surface area contributed by atoms with Crippen LogP contribution in [0, 0.1) is 5.41 Å². The molecule has 15 heavy (non-hydrogen) atoms. The van der Waals surface area contributed by atoms with Crippen molar-refractivity contribution < 1.29 is 4.79 Å². The summed E-state index contributed by atoms with van der Waals surface area (Å²) >= 11 is 0. The van der Waals surface area contributed by atoms with Gasteiger partial charge in [-0.15, -0.1) is 0 Å². The van der Waals surface area contributed by atoms with E-state index in [-0.39, 0.29) is 11.2 Å². The Kier molecular flexibility index (Phi) is 2.47. The molecule has 0 atom stereocenters. The smallest absolute Gasteiger partial charge is 0.163 e. The van der Waals surface area contributed by atoms with Gasteiger partial charge in [0.25, 0.3) is 0 Å². The minimum Gasteiger partial charge on any atom is -0.294 e. The van der Waals surface area contributed by atoms with Crippen molar-refractivity contribution in [2.75, 3.05) is 0 Å². The van der Waals surface area contributed by atoms with Gasteiger partial charge in [0.15, 0.2) is 5.78 Å². The van der Waals surface area contributed by atoms with Crippen molar-refractivity contribution in [3.63, 3.8) is 0 Å². The van der Waals surface area contributed by atoms with Crippen LogP contribution in [0.4, 0.5) is 0 Å². The standard InChI is InChI=1S/C14H16O/c1-14(2)9-7-11-5-3-4-6-12(11)13(15)8-10-14/h3-7,9H,8,10H2,1-2H3/b9-7+. The molecular formula is C14H16O. The minimum atomic E-state index is 0.128. The maximum Gasteiger partial charge on any atom is 0.163 e. The molecule has 0 saturated heterocycles. The number of hydrogen-bond donors (Lipinski definition) is 0. The van der Waals surface area contributed by atoms with Gasteiger partial charge in [0.2, 0.25) is 0 Å². The van der Waals surface area contributed by atoms with Gasteiger partial charge in [-0.1, -0.05) is 50.3 Å². The summed E-state index contributed by atoms with van der Waals surface area (Å²) < 4.78 is 0. The van der Waals surface area contributed by atoms with E-state index < -0.39 is 0 Å². The Labute approximate surface area is 90.8 Å². The molecule has 0 aromatic heterocycles. The molecule has 0 radical (unpaired) electrons.